The zero-order valence-electron chi connectivity index (χ0n) is 11.0. The predicted molar refractivity (Wildman–Crippen MR) is 67.3 cm³/mol. The summed E-state index contributed by atoms with van der Waals surface area (Å²) in [6, 6.07) is 0. The van der Waals surface area contributed by atoms with Gasteiger partial charge in [0.2, 0.25) is 0 Å². The lowest BCUT2D eigenvalue weighted by Crippen LogP contribution is -2.28. The molecule has 1 N–H and O–H groups in total. The summed E-state index contributed by atoms with van der Waals surface area (Å²) >= 11 is 0. The van der Waals surface area contributed by atoms with E-state index in [0.717, 1.165) is 26.1 Å². The topological polar surface area (TPSA) is 32.7 Å². The van der Waals surface area contributed by atoms with E-state index in [-0.39, 0.29) is 6.61 Å². The van der Waals surface area contributed by atoms with Gasteiger partial charge in [-0.25, -0.2) is 0 Å². The van der Waals surface area contributed by atoms with Crippen molar-refractivity contribution < 1.29 is 9.84 Å². The molecule has 0 aliphatic heterocycles. The second kappa shape index (κ2) is 8.58. The number of nitrogens with zero attached hydrogens (tertiary/aromatic N) is 1. The van der Waals surface area contributed by atoms with Crippen molar-refractivity contribution in [3.63, 3.8) is 0 Å². The third kappa shape index (κ3) is 6.12. The number of aliphatic hydroxyl groups excluding tert-OH is 1. The van der Waals surface area contributed by atoms with Gasteiger partial charge in [0.25, 0.3) is 0 Å². The first-order valence-electron chi connectivity index (χ1n) is 6.09. The van der Waals surface area contributed by atoms with Crippen LogP contribution in [0.25, 0.3) is 0 Å². The van der Waals surface area contributed by atoms with E-state index in [0.29, 0.717) is 6.61 Å². The number of aliphatic hydroxyl groups is 1. The lowest BCUT2D eigenvalue weighted by Gasteiger charge is -2.22. The molecule has 0 fully saturated rings. The first-order chi connectivity index (χ1) is 7.61. The van der Waals surface area contributed by atoms with Crippen LogP contribution >= 0.6 is 0 Å². The van der Waals surface area contributed by atoms with Gasteiger partial charge in [-0.15, -0.1) is 0 Å². The smallest absolute Gasteiger partial charge is 0.125 e. The molecular weight excluding hydrogens is 202 g/mol. The Morgan fingerprint density at radius 1 is 1.25 bits per heavy atom. The van der Waals surface area contributed by atoms with E-state index in [1.54, 1.807) is 0 Å². The van der Waals surface area contributed by atoms with E-state index in [1.807, 2.05) is 13.8 Å². The highest BCUT2D eigenvalue weighted by molar-refractivity contribution is 5.13. The third-order valence-corrected chi connectivity index (χ3v) is 2.74. The molecule has 94 valence electrons. The van der Waals surface area contributed by atoms with Crippen LogP contribution in [0.3, 0.4) is 0 Å². The van der Waals surface area contributed by atoms with Gasteiger partial charge in [0.15, 0.2) is 0 Å². The Hall–Kier alpha value is -0.560. The summed E-state index contributed by atoms with van der Waals surface area (Å²) in [5, 5.41) is 8.73. The Kier molecular flexibility index (Phi) is 8.28. The summed E-state index contributed by atoms with van der Waals surface area (Å²) in [4.78, 5) is 2.26. The normalized spacial score (nSPS) is 14.4. The van der Waals surface area contributed by atoms with Crippen LogP contribution in [0.4, 0.5) is 0 Å². The monoisotopic (exact) mass is 227 g/mol. The Bertz CT molecular complexity index is 228. The molecule has 0 radical (unpaired) electrons. The Morgan fingerprint density at radius 2 is 1.88 bits per heavy atom. The highest BCUT2D eigenvalue weighted by atomic mass is 16.5. The van der Waals surface area contributed by atoms with E-state index >= 15 is 0 Å². The molecule has 0 aromatic carbocycles. The van der Waals surface area contributed by atoms with Gasteiger partial charge in [0.05, 0.1) is 19.8 Å². The van der Waals surface area contributed by atoms with Crippen molar-refractivity contribution in [2.24, 2.45) is 0 Å². The molecule has 0 amide bonds. The van der Waals surface area contributed by atoms with Crippen molar-refractivity contribution in [3.8, 4) is 11.8 Å². The zero-order valence-corrected chi connectivity index (χ0v) is 11.0. The number of hydrogen-bond donors (Lipinski definition) is 1. The molecule has 0 aliphatic carbocycles. The quantitative estimate of drug-likeness (QED) is 0.669. The van der Waals surface area contributed by atoms with Crippen LogP contribution in [0, 0.1) is 11.8 Å². The minimum atomic E-state index is -0.421. The Morgan fingerprint density at radius 3 is 2.31 bits per heavy atom. The fraction of sp³-hybridized carbons (Fsp3) is 0.846. The lowest BCUT2D eigenvalue weighted by atomic mass is 10.0. The number of ether oxygens (including phenoxy) is 1. The molecule has 0 unspecified atom stereocenters. The van der Waals surface area contributed by atoms with E-state index in [1.165, 1.54) is 0 Å². The fourth-order valence-corrected chi connectivity index (χ4v) is 1.28. The SMILES string of the molecule is CCN(CC)CC#C[C@@](C)(CC)OCCO. The predicted octanol–water partition coefficient (Wildman–Crippen LogP) is 1.51. The molecule has 0 saturated carbocycles. The molecule has 3 nitrogen and oxygen atoms in total. The summed E-state index contributed by atoms with van der Waals surface area (Å²) in [7, 11) is 0. The minimum absolute atomic E-state index is 0.0489. The fourth-order valence-electron chi connectivity index (χ4n) is 1.28. The van der Waals surface area contributed by atoms with Gasteiger partial charge in [-0.2, -0.15) is 0 Å². The molecular formula is C13H25NO2. The van der Waals surface area contributed by atoms with E-state index in [2.05, 4.69) is 30.6 Å². The van der Waals surface area contributed by atoms with Gasteiger partial charge >= 0.3 is 0 Å². The largest absolute Gasteiger partial charge is 0.394 e. The highest BCUT2D eigenvalue weighted by Crippen LogP contribution is 2.13. The van der Waals surface area contributed by atoms with Crippen molar-refractivity contribution in [2.75, 3.05) is 32.8 Å². The Balaban J connectivity index is 4.23. The Labute approximate surface area is 99.8 Å². The molecule has 3 heteroatoms. The lowest BCUT2D eigenvalue weighted by molar-refractivity contribution is -0.00823. The second-order valence-corrected chi connectivity index (χ2v) is 3.92. The molecule has 0 bridgehead atoms. The van der Waals surface area contributed by atoms with Crippen molar-refractivity contribution in [1.29, 1.82) is 0 Å². The molecule has 0 saturated heterocycles. The molecule has 1 atom stereocenters. The first-order valence-corrected chi connectivity index (χ1v) is 6.09. The second-order valence-electron chi connectivity index (χ2n) is 3.92. The van der Waals surface area contributed by atoms with Gasteiger partial charge < -0.3 is 9.84 Å². The maximum absolute atomic E-state index is 8.73. The van der Waals surface area contributed by atoms with Crippen LogP contribution in [-0.2, 0) is 4.74 Å². The summed E-state index contributed by atoms with van der Waals surface area (Å²) < 4.78 is 5.53. The highest BCUT2D eigenvalue weighted by Gasteiger charge is 2.18. The average Bonchev–Trinajstić information content (AvgIpc) is 2.32. The van der Waals surface area contributed by atoms with E-state index in [4.69, 9.17) is 9.84 Å². The molecule has 0 aromatic rings. The van der Waals surface area contributed by atoms with Crippen molar-refractivity contribution in [1.82, 2.24) is 4.90 Å². The van der Waals surface area contributed by atoms with Crippen LogP contribution < -0.4 is 0 Å². The van der Waals surface area contributed by atoms with Crippen LogP contribution in [-0.4, -0.2) is 48.5 Å². The molecule has 16 heavy (non-hydrogen) atoms. The van der Waals surface area contributed by atoms with Crippen LogP contribution in [0.2, 0.25) is 0 Å². The zero-order chi connectivity index (χ0) is 12.4. The summed E-state index contributed by atoms with van der Waals surface area (Å²) in [5.74, 6) is 6.31. The number of rotatable bonds is 7. The summed E-state index contributed by atoms with van der Waals surface area (Å²) in [6.45, 7) is 11.5. The summed E-state index contributed by atoms with van der Waals surface area (Å²) in [6.07, 6.45) is 0.832. The van der Waals surface area contributed by atoms with Gasteiger partial charge in [0, 0.05) is 0 Å². The summed E-state index contributed by atoms with van der Waals surface area (Å²) in [5.41, 5.74) is -0.421. The maximum Gasteiger partial charge on any atom is 0.125 e. The molecule has 0 heterocycles. The average molecular weight is 227 g/mol. The minimum Gasteiger partial charge on any atom is -0.394 e. The van der Waals surface area contributed by atoms with Crippen molar-refractivity contribution in [2.45, 2.75) is 39.7 Å². The molecule has 0 spiro atoms. The first kappa shape index (κ1) is 15.4. The molecule has 0 rings (SSSR count). The standard InChI is InChI=1S/C13H25NO2/c1-5-13(4,16-12-11-15)9-8-10-14(6-2)7-3/h15H,5-7,10-12H2,1-4H3/t13-/m1/s1. The van der Waals surface area contributed by atoms with Crippen molar-refractivity contribution >= 4 is 0 Å². The van der Waals surface area contributed by atoms with E-state index < -0.39 is 5.60 Å². The third-order valence-electron chi connectivity index (χ3n) is 2.74. The van der Waals surface area contributed by atoms with Crippen LogP contribution in [0.1, 0.15) is 34.1 Å². The number of hydrogen-bond acceptors (Lipinski definition) is 3. The van der Waals surface area contributed by atoms with Gasteiger partial charge in [0.1, 0.15) is 5.60 Å². The van der Waals surface area contributed by atoms with E-state index in [9.17, 15) is 0 Å². The van der Waals surface area contributed by atoms with Crippen molar-refractivity contribution in [3.05, 3.63) is 0 Å². The van der Waals surface area contributed by atoms with Gasteiger partial charge in [-0.1, -0.05) is 32.6 Å². The van der Waals surface area contributed by atoms with Gasteiger partial charge in [-0.05, 0) is 26.4 Å². The van der Waals surface area contributed by atoms with Crippen LogP contribution in [0.5, 0.6) is 0 Å². The molecule has 0 aromatic heterocycles. The van der Waals surface area contributed by atoms with Crippen LogP contribution in [0.15, 0.2) is 0 Å². The maximum atomic E-state index is 8.73. The van der Waals surface area contributed by atoms with Gasteiger partial charge in [-0.3, -0.25) is 4.90 Å². The molecule has 0 aliphatic rings.